The van der Waals surface area contributed by atoms with E-state index in [9.17, 15) is 28.0 Å². The average molecular weight is 622 g/mol. The Morgan fingerprint density at radius 1 is 1.29 bits per heavy atom. The number of hydrogen-bond acceptors (Lipinski definition) is 11. The molecule has 3 aromatic rings. The number of carbonyl (C=O) groups is 1. The molecule has 4 rings (SSSR count). The summed E-state index contributed by atoms with van der Waals surface area (Å²) in [6.07, 6.45) is -9.10. The Kier molecular flexibility index (Phi) is 8.67. The number of nitrogens with zero attached hydrogens (tertiary/aromatic N) is 3. The Bertz CT molecular complexity index is 1540. The molecule has 5 atom stereocenters. The van der Waals surface area contributed by atoms with Gasteiger partial charge in [-0.05, 0) is 32.9 Å². The second-order valence-corrected chi connectivity index (χ2v) is 11.2. The summed E-state index contributed by atoms with van der Waals surface area (Å²) >= 11 is 0. The number of alkyl halides is 4. The molecular formula is C23H27F4N6O8P. The van der Waals surface area contributed by atoms with E-state index in [2.05, 4.69) is 20.0 Å². The molecule has 0 aliphatic carbocycles. The zero-order valence-electron chi connectivity index (χ0n) is 22.2. The Labute approximate surface area is 234 Å². The smallest absolute Gasteiger partial charge is 0.459 e. The third-order valence-electron chi connectivity index (χ3n) is 6.09. The van der Waals surface area contributed by atoms with Crippen molar-refractivity contribution < 1.29 is 50.5 Å². The lowest BCUT2D eigenvalue weighted by Crippen LogP contribution is -2.57. The number of nitrogens with two attached hydrogens (primary N) is 1. The predicted molar refractivity (Wildman–Crippen MR) is 137 cm³/mol. The molecule has 0 saturated carbocycles. The number of anilines is 1. The molecule has 0 bridgehead atoms. The van der Waals surface area contributed by atoms with Gasteiger partial charge in [0.05, 0.1) is 19.0 Å². The number of aromatic amines is 1. The van der Waals surface area contributed by atoms with Crippen molar-refractivity contribution in [1.29, 1.82) is 0 Å². The van der Waals surface area contributed by atoms with Crippen LogP contribution in [0.1, 0.15) is 27.0 Å². The molecule has 1 fully saturated rings. The molecule has 1 aromatic carbocycles. The van der Waals surface area contributed by atoms with E-state index in [1.807, 2.05) is 0 Å². The van der Waals surface area contributed by atoms with Gasteiger partial charge in [0, 0.05) is 0 Å². The fraction of sp³-hybridized carbons (Fsp3) is 0.478. The van der Waals surface area contributed by atoms with Crippen molar-refractivity contribution in [1.82, 2.24) is 24.6 Å². The number of imidazole rings is 1. The highest BCUT2D eigenvalue weighted by molar-refractivity contribution is 7.52. The fourth-order valence-corrected chi connectivity index (χ4v) is 5.55. The molecule has 1 aliphatic heterocycles. The zero-order valence-corrected chi connectivity index (χ0v) is 23.1. The Balaban J connectivity index is 1.68. The van der Waals surface area contributed by atoms with E-state index < -0.39 is 85.4 Å². The van der Waals surface area contributed by atoms with Crippen molar-refractivity contribution in [3.05, 3.63) is 47.0 Å². The number of carbonyl (C=O) groups excluding carboxylic acids is 1. The SMILES string of the molecule is CC(C)OC(=O)C(C)NP(=O)(OCC1(C(F)F)OC(n2cnc3c(=O)[nH]c(N)nc32)C(O)C1(F)F)Oc1ccccc1. The fourth-order valence-electron chi connectivity index (χ4n) is 4.03. The van der Waals surface area contributed by atoms with E-state index in [1.165, 1.54) is 45.0 Å². The minimum absolute atomic E-state index is 0.125. The van der Waals surface area contributed by atoms with Crippen molar-refractivity contribution in [2.45, 2.75) is 63.2 Å². The Morgan fingerprint density at radius 3 is 2.57 bits per heavy atom. The van der Waals surface area contributed by atoms with Gasteiger partial charge in [0.2, 0.25) is 11.5 Å². The molecule has 3 heterocycles. The standard InChI is InChI=1S/C23H27F4N6O8P/c1-11(2)39-19(36)12(3)32-42(37,41-13-7-5-4-6-8-13)38-9-22(20(24)25)23(26,27)15(34)18(40-22)33-10-29-14-16(33)30-21(28)31-17(14)35/h4-8,10-12,15,18,20,34H,9H2,1-3H3,(H,32,37)(H3,28,30,31,35). The number of nitrogen functional groups attached to an aromatic ring is 1. The maximum Gasteiger partial charge on any atom is 0.459 e. The summed E-state index contributed by atoms with van der Waals surface area (Å²) in [5.41, 5.74) is -0.127. The molecule has 0 spiro atoms. The first-order valence-corrected chi connectivity index (χ1v) is 13.9. The van der Waals surface area contributed by atoms with Gasteiger partial charge >= 0.3 is 19.6 Å². The number of ether oxygens (including phenoxy) is 2. The van der Waals surface area contributed by atoms with E-state index in [-0.39, 0.29) is 5.75 Å². The number of para-hydroxylation sites is 1. The van der Waals surface area contributed by atoms with Crippen LogP contribution in [0.3, 0.4) is 0 Å². The van der Waals surface area contributed by atoms with Crippen molar-refractivity contribution in [2.75, 3.05) is 12.3 Å². The maximum atomic E-state index is 15.5. The topological polar surface area (TPSA) is 193 Å². The van der Waals surface area contributed by atoms with Gasteiger partial charge < -0.3 is 24.8 Å². The first-order valence-electron chi connectivity index (χ1n) is 12.3. The molecule has 2 aromatic heterocycles. The minimum atomic E-state index is -4.91. The van der Waals surface area contributed by atoms with Crippen LogP contribution in [0.4, 0.5) is 23.5 Å². The van der Waals surface area contributed by atoms with Crippen LogP contribution in [0.2, 0.25) is 0 Å². The van der Waals surface area contributed by atoms with E-state index in [0.717, 1.165) is 6.33 Å². The van der Waals surface area contributed by atoms with Crippen molar-refractivity contribution >= 4 is 30.8 Å². The number of hydrogen-bond donors (Lipinski definition) is 4. The largest absolute Gasteiger partial charge is 0.462 e. The normalized spacial score (nSPS) is 24.1. The molecule has 1 saturated heterocycles. The summed E-state index contributed by atoms with van der Waals surface area (Å²) in [5.74, 6) is -6.26. The highest BCUT2D eigenvalue weighted by Gasteiger charge is 2.74. The van der Waals surface area contributed by atoms with Gasteiger partial charge in [-0.15, -0.1) is 0 Å². The minimum Gasteiger partial charge on any atom is -0.462 e. The Hall–Kier alpha value is -3.57. The van der Waals surface area contributed by atoms with Crippen LogP contribution in [0.25, 0.3) is 11.2 Å². The van der Waals surface area contributed by atoms with Crippen LogP contribution in [-0.4, -0.2) is 73.4 Å². The number of aliphatic hydroxyl groups is 1. The van der Waals surface area contributed by atoms with E-state index in [0.29, 0.717) is 4.57 Å². The first-order chi connectivity index (χ1) is 19.6. The molecule has 230 valence electrons. The summed E-state index contributed by atoms with van der Waals surface area (Å²) in [5, 5.41) is 12.7. The lowest BCUT2D eigenvalue weighted by Gasteiger charge is -2.34. The molecule has 14 nitrogen and oxygen atoms in total. The van der Waals surface area contributed by atoms with Gasteiger partial charge in [-0.25, -0.2) is 18.3 Å². The van der Waals surface area contributed by atoms with Gasteiger partial charge in [0.15, 0.2) is 23.5 Å². The number of rotatable bonds is 11. The second-order valence-electron chi connectivity index (χ2n) is 9.55. The van der Waals surface area contributed by atoms with Crippen molar-refractivity contribution in [2.24, 2.45) is 0 Å². The highest BCUT2D eigenvalue weighted by atomic mass is 31.2. The number of esters is 1. The van der Waals surface area contributed by atoms with E-state index >= 15 is 8.78 Å². The van der Waals surface area contributed by atoms with E-state index in [4.69, 9.17) is 24.3 Å². The van der Waals surface area contributed by atoms with Gasteiger partial charge in [0.1, 0.15) is 11.8 Å². The number of fused-ring (bicyclic) bond motifs is 1. The zero-order chi connectivity index (χ0) is 31.0. The number of nitrogens with one attached hydrogen (secondary N) is 2. The van der Waals surface area contributed by atoms with Crippen molar-refractivity contribution in [3.63, 3.8) is 0 Å². The predicted octanol–water partition coefficient (Wildman–Crippen LogP) is 2.36. The number of H-pyrrole nitrogens is 1. The number of benzene rings is 1. The monoisotopic (exact) mass is 622 g/mol. The lowest BCUT2D eigenvalue weighted by atomic mass is 9.95. The van der Waals surface area contributed by atoms with Crippen LogP contribution >= 0.6 is 7.75 Å². The summed E-state index contributed by atoms with van der Waals surface area (Å²) in [6, 6.07) is 5.71. The molecule has 5 N–H and O–H groups in total. The summed E-state index contributed by atoms with van der Waals surface area (Å²) in [6.45, 7) is 2.47. The molecule has 1 aliphatic rings. The lowest BCUT2D eigenvalue weighted by molar-refractivity contribution is -0.241. The molecule has 0 amide bonds. The van der Waals surface area contributed by atoms with Gasteiger partial charge in [-0.2, -0.15) is 18.9 Å². The summed E-state index contributed by atoms with van der Waals surface area (Å²) < 4.78 is 95.0. The second kappa shape index (κ2) is 11.6. The molecule has 5 unspecified atom stereocenters. The summed E-state index contributed by atoms with van der Waals surface area (Å²) in [4.78, 5) is 34.0. The van der Waals surface area contributed by atoms with Gasteiger partial charge in [-0.1, -0.05) is 18.2 Å². The van der Waals surface area contributed by atoms with Gasteiger partial charge in [0.25, 0.3) is 12.0 Å². The van der Waals surface area contributed by atoms with Crippen LogP contribution in [0.15, 0.2) is 41.5 Å². The third-order valence-corrected chi connectivity index (χ3v) is 7.71. The van der Waals surface area contributed by atoms with Crippen LogP contribution in [0, 0.1) is 0 Å². The third kappa shape index (κ3) is 5.85. The molecular weight excluding hydrogens is 595 g/mol. The number of aliphatic hydroxyl groups excluding tert-OH is 1. The van der Waals surface area contributed by atoms with E-state index in [1.54, 1.807) is 6.07 Å². The van der Waals surface area contributed by atoms with Crippen LogP contribution in [0.5, 0.6) is 5.75 Å². The Morgan fingerprint density at radius 2 is 1.95 bits per heavy atom. The first kappa shape index (κ1) is 31.4. The number of halogens is 4. The summed E-state index contributed by atoms with van der Waals surface area (Å²) in [7, 11) is -4.91. The maximum absolute atomic E-state index is 15.5. The average Bonchev–Trinajstić information content (AvgIpc) is 3.40. The van der Waals surface area contributed by atoms with Crippen molar-refractivity contribution in [3.8, 4) is 5.75 Å². The van der Waals surface area contributed by atoms with Crippen LogP contribution in [-0.2, 0) is 23.4 Å². The quantitative estimate of drug-likeness (QED) is 0.139. The van der Waals surface area contributed by atoms with Crippen LogP contribution < -0.4 is 20.9 Å². The highest BCUT2D eigenvalue weighted by Crippen LogP contribution is 2.54. The molecule has 19 heteroatoms. The molecule has 0 radical (unpaired) electrons. The number of aromatic nitrogens is 4. The molecule has 42 heavy (non-hydrogen) atoms. The van der Waals surface area contributed by atoms with Gasteiger partial charge in [-0.3, -0.25) is 23.7 Å².